The van der Waals surface area contributed by atoms with Crippen LogP contribution in [0.15, 0.2) is 35.7 Å². The summed E-state index contributed by atoms with van der Waals surface area (Å²) in [6.07, 6.45) is 1.08. The van der Waals surface area contributed by atoms with Crippen LogP contribution in [0.25, 0.3) is 0 Å². The van der Waals surface area contributed by atoms with Crippen LogP contribution in [0.3, 0.4) is 0 Å². The van der Waals surface area contributed by atoms with Crippen molar-refractivity contribution >= 4 is 11.3 Å². The van der Waals surface area contributed by atoms with Gasteiger partial charge >= 0.3 is 0 Å². The van der Waals surface area contributed by atoms with E-state index in [4.69, 9.17) is 0 Å². The van der Waals surface area contributed by atoms with E-state index in [0.717, 1.165) is 13.0 Å². The van der Waals surface area contributed by atoms with Gasteiger partial charge in [-0.15, -0.1) is 11.3 Å². The third-order valence-corrected chi connectivity index (χ3v) is 4.38. The highest BCUT2D eigenvalue weighted by atomic mass is 32.1. The summed E-state index contributed by atoms with van der Waals surface area (Å²) in [6, 6.07) is 11.4. The maximum atomic E-state index is 3.60. The van der Waals surface area contributed by atoms with Crippen molar-refractivity contribution in [2.75, 3.05) is 6.54 Å². The van der Waals surface area contributed by atoms with Crippen LogP contribution in [0.2, 0.25) is 0 Å². The lowest BCUT2D eigenvalue weighted by atomic mass is 9.96. The Morgan fingerprint density at radius 3 is 2.39 bits per heavy atom. The summed E-state index contributed by atoms with van der Waals surface area (Å²) in [5, 5.41) is 5.76. The van der Waals surface area contributed by atoms with Crippen molar-refractivity contribution in [1.82, 2.24) is 5.32 Å². The highest BCUT2D eigenvalue weighted by molar-refractivity contribution is 7.10. The Morgan fingerprint density at radius 2 is 1.83 bits per heavy atom. The summed E-state index contributed by atoms with van der Waals surface area (Å²) in [6.45, 7) is 7.60. The van der Waals surface area contributed by atoms with E-state index < -0.39 is 0 Å². The summed E-state index contributed by atoms with van der Waals surface area (Å²) >= 11 is 1.84. The van der Waals surface area contributed by atoms with Gasteiger partial charge in [0, 0.05) is 10.9 Å². The molecule has 1 aromatic heterocycles. The molecule has 0 radical (unpaired) electrons. The number of hydrogen-bond acceptors (Lipinski definition) is 2. The largest absolute Gasteiger partial charge is 0.309 e. The second-order valence-corrected chi connectivity index (χ2v) is 5.68. The molecule has 1 nitrogen and oxygen atoms in total. The van der Waals surface area contributed by atoms with E-state index in [-0.39, 0.29) is 0 Å². The van der Waals surface area contributed by atoms with Crippen molar-refractivity contribution < 1.29 is 0 Å². The molecule has 1 unspecified atom stereocenters. The predicted molar refractivity (Wildman–Crippen MR) is 80.4 cm³/mol. The normalized spacial score (nSPS) is 12.6. The van der Waals surface area contributed by atoms with Crippen LogP contribution < -0.4 is 5.32 Å². The smallest absolute Gasteiger partial charge is 0.0455 e. The Labute approximate surface area is 114 Å². The molecule has 1 N–H and O–H groups in total. The van der Waals surface area contributed by atoms with Gasteiger partial charge in [-0.1, -0.05) is 31.2 Å². The van der Waals surface area contributed by atoms with Crippen LogP contribution in [0, 0.1) is 13.8 Å². The molecule has 0 aliphatic heterocycles. The molecule has 1 atom stereocenters. The fourth-order valence-corrected chi connectivity index (χ4v) is 3.19. The highest BCUT2D eigenvalue weighted by Gasteiger charge is 2.14. The van der Waals surface area contributed by atoms with Gasteiger partial charge < -0.3 is 5.32 Å². The summed E-state index contributed by atoms with van der Waals surface area (Å²) in [5.41, 5.74) is 4.28. The SMILES string of the molecule is CCNC(Cc1c(C)cccc1C)c1cccs1. The molecule has 18 heavy (non-hydrogen) atoms. The van der Waals surface area contributed by atoms with E-state index >= 15 is 0 Å². The lowest BCUT2D eigenvalue weighted by Crippen LogP contribution is -2.22. The van der Waals surface area contributed by atoms with E-state index in [1.807, 2.05) is 11.3 Å². The Kier molecular flexibility index (Phi) is 4.56. The lowest BCUT2D eigenvalue weighted by Gasteiger charge is -2.19. The van der Waals surface area contributed by atoms with Gasteiger partial charge in [0.1, 0.15) is 0 Å². The van der Waals surface area contributed by atoms with Gasteiger partial charge in [-0.2, -0.15) is 0 Å². The molecule has 2 rings (SSSR count). The summed E-state index contributed by atoms with van der Waals surface area (Å²) in [4.78, 5) is 1.43. The minimum absolute atomic E-state index is 0.440. The molecule has 1 aromatic carbocycles. The minimum atomic E-state index is 0.440. The number of rotatable bonds is 5. The van der Waals surface area contributed by atoms with E-state index in [1.165, 1.54) is 21.6 Å². The van der Waals surface area contributed by atoms with E-state index in [0.29, 0.717) is 6.04 Å². The summed E-state index contributed by atoms with van der Waals surface area (Å²) in [7, 11) is 0. The lowest BCUT2D eigenvalue weighted by molar-refractivity contribution is 0.556. The third-order valence-electron chi connectivity index (χ3n) is 3.39. The zero-order valence-electron chi connectivity index (χ0n) is 11.4. The van der Waals surface area contributed by atoms with Gasteiger partial charge in [-0.3, -0.25) is 0 Å². The molecule has 96 valence electrons. The molecule has 1 heterocycles. The molecular weight excluding hydrogens is 238 g/mol. The Bertz CT molecular complexity index is 468. The van der Waals surface area contributed by atoms with Gasteiger partial charge in [0.2, 0.25) is 0 Å². The summed E-state index contributed by atoms with van der Waals surface area (Å²) < 4.78 is 0. The molecule has 0 saturated carbocycles. The van der Waals surface area contributed by atoms with Crippen LogP contribution in [0.1, 0.15) is 34.5 Å². The van der Waals surface area contributed by atoms with Gasteiger partial charge in [0.15, 0.2) is 0 Å². The predicted octanol–water partition coefficient (Wildman–Crippen LogP) is 4.26. The van der Waals surface area contributed by atoms with Crippen molar-refractivity contribution in [3.8, 4) is 0 Å². The van der Waals surface area contributed by atoms with Gasteiger partial charge in [0.05, 0.1) is 0 Å². The summed E-state index contributed by atoms with van der Waals surface area (Å²) in [5.74, 6) is 0. The van der Waals surface area contributed by atoms with E-state index in [1.54, 1.807) is 0 Å². The molecule has 0 amide bonds. The van der Waals surface area contributed by atoms with Gasteiger partial charge in [-0.25, -0.2) is 0 Å². The van der Waals surface area contributed by atoms with E-state index in [2.05, 4.69) is 61.8 Å². The number of thiophene rings is 1. The van der Waals surface area contributed by atoms with Crippen molar-refractivity contribution in [2.24, 2.45) is 0 Å². The molecule has 2 aromatic rings. The standard InChI is InChI=1S/C16H21NS/c1-4-17-15(16-9-6-10-18-16)11-14-12(2)7-5-8-13(14)3/h5-10,15,17H,4,11H2,1-3H3. The Balaban J connectivity index is 2.24. The van der Waals surface area contributed by atoms with Crippen LogP contribution >= 0.6 is 11.3 Å². The van der Waals surface area contributed by atoms with Crippen molar-refractivity contribution in [2.45, 2.75) is 33.2 Å². The maximum absolute atomic E-state index is 3.60. The number of nitrogens with one attached hydrogen (secondary N) is 1. The molecule has 0 saturated heterocycles. The van der Waals surface area contributed by atoms with Crippen LogP contribution in [0.4, 0.5) is 0 Å². The van der Waals surface area contributed by atoms with Crippen LogP contribution in [-0.2, 0) is 6.42 Å². The molecular formula is C16H21NS. The average molecular weight is 259 g/mol. The maximum Gasteiger partial charge on any atom is 0.0455 e. The first-order chi connectivity index (χ1) is 8.72. The van der Waals surface area contributed by atoms with Crippen LogP contribution in [0.5, 0.6) is 0 Å². The monoisotopic (exact) mass is 259 g/mol. The first-order valence-corrected chi connectivity index (χ1v) is 7.42. The first kappa shape index (κ1) is 13.3. The zero-order chi connectivity index (χ0) is 13.0. The van der Waals surface area contributed by atoms with E-state index in [9.17, 15) is 0 Å². The number of benzene rings is 1. The topological polar surface area (TPSA) is 12.0 Å². The Hall–Kier alpha value is -1.12. The number of likely N-dealkylation sites (N-methyl/N-ethyl adjacent to an activating group) is 1. The van der Waals surface area contributed by atoms with Crippen molar-refractivity contribution in [3.63, 3.8) is 0 Å². The van der Waals surface area contributed by atoms with Gasteiger partial charge in [0.25, 0.3) is 0 Å². The fourth-order valence-electron chi connectivity index (χ4n) is 2.38. The quantitative estimate of drug-likeness (QED) is 0.846. The van der Waals surface area contributed by atoms with Crippen LogP contribution in [-0.4, -0.2) is 6.54 Å². The minimum Gasteiger partial charge on any atom is -0.309 e. The highest BCUT2D eigenvalue weighted by Crippen LogP contribution is 2.25. The molecule has 2 heteroatoms. The number of aryl methyl sites for hydroxylation is 2. The van der Waals surface area contributed by atoms with Crippen molar-refractivity contribution in [1.29, 1.82) is 0 Å². The second kappa shape index (κ2) is 6.17. The third kappa shape index (κ3) is 3.01. The molecule has 0 aliphatic rings. The second-order valence-electron chi connectivity index (χ2n) is 4.70. The molecule has 0 spiro atoms. The number of hydrogen-bond donors (Lipinski definition) is 1. The molecule has 0 aliphatic carbocycles. The zero-order valence-corrected chi connectivity index (χ0v) is 12.2. The fraction of sp³-hybridized carbons (Fsp3) is 0.375. The average Bonchev–Trinajstić information content (AvgIpc) is 2.86. The van der Waals surface area contributed by atoms with Crippen molar-refractivity contribution in [3.05, 3.63) is 57.3 Å². The van der Waals surface area contributed by atoms with Gasteiger partial charge in [-0.05, 0) is 54.9 Å². The molecule has 0 fully saturated rings. The Morgan fingerprint density at radius 1 is 1.11 bits per heavy atom. The molecule has 0 bridgehead atoms. The first-order valence-electron chi connectivity index (χ1n) is 6.54.